The minimum Gasteiger partial charge on any atom is -0.486 e. The summed E-state index contributed by atoms with van der Waals surface area (Å²) in [4.78, 5) is 25.8. The Labute approximate surface area is 154 Å². The highest BCUT2D eigenvalue weighted by Gasteiger charge is 2.23. The Bertz CT molecular complexity index is 631. The van der Waals surface area contributed by atoms with Gasteiger partial charge in [-0.15, -0.1) is 0 Å². The molecule has 1 saturated carbocycles. The number of amides is 3. The van der Waals surface area contributed by atoms with Gasteiger partial charge in [-0.3, -0.25) is 15.0 Å². The van der Waals surface area contributed by atoms with Gasteiger partial charge in [0.25, 0.3) is 0 Å². The Morgan fingerprint density at radius 3 is 2.65 bits per heavy atom. The zero-order valence-electron chi connectivity index (χ0n) is 15.2. The van der Waals surface area contributed by atoms with Crippen molar-refractivity contribution in [1.29, 1.82) is 0 Å². The fourth-order valence-corrected chi connectivity index (χ4v) is 3.44. The van der Waals surface area contributed by atoms with Gasteiger partial charge in [0, 0.05) is 12.6 Å². The summed E-state index contributed by atoms with van der Waals surface area (Å²) in [5.74, 6) is 1.13. The summed E-state index contributed by atoms with van der Waals surface area (Å²) in [6, 6.07) is 7.31. The van der Waals surface area contributed by atoms with Crippen LogP contribution in [0.4, 0.5) is 4.79 Å². The third-order valence-corrected chi connectivity index (χ3v) is 4.69. The Hall–Kier alpha value is -2.28. The van der Waals surface area contributed by atoms with E-state index < -0.39 is 6.03 Å². The van der Waals surface area contributed by atoms with Crippen LogP contribution in [0.1, 0.15) is 32.1 Å². The Balaban J connectivity index is 1.38. The van der Waals surface area contributed by atoms with Crippen LogP contribution >= 0.6 is 0 Å². The molecule has 1 atom stereocenters. The summed E-state index contributed by atoms with van der Waals surface area (Å²) in [5.41, 5.74) is 0. The molecule has 0 spiro atoms. The van der Waals surface area contributed by atoms with E-state index in [-0.39, 0.29) is 24.6 Å². The number of urea groups is 1. The van der Waals surface area contributed by atoms with Crippen LogP contribution in [-0.4, -0.2) is 55.7 Å². The van der Waals surface area contributed by atoms with Crippen molar-refractivity contribution in [1.82, 2.24) is 15.5 Å². The van der Waals surface area contributed by atoms with Gasteiger partial charge >= 0.3 is 6.03 Å². The minimum atomic E-state index is -0.401. The van der Waals surface area contributed by atoms with E-state index in [0.717, 1.165) is 31.4 Å². The van der Waals surface area contributed by atoms with Crippen LogP contribution in [0.5, 0.6) is 11.5 Å². The van der Waals surface area contributed by atoms with Gasteiger partial charge in [-0.05, 0) is 32.0 Å². The third kappa shape index (κ3) is 5.36. The molecule has 1 aliphatic carbocycles. The zero-order valence-corrected chi connectivity index (χ0v) is 15.2. The fourth-order valence-electron chi connectivity index (χ4n) is 3.44. The zero-order chi connectivity index (χ0) is 18.4. The van der Waals surface area contributed by atoms with Crippen molar-refractivity contribution in [3.05, 3.63) is 24.3 Å². The molecule has 142 valence electrons. The van der Waals surface area contributed by atoms with Gasteiger partial charge in [0.15, 0.2) is 11.5 Å². The normalized spacial score (nSPS) is 19.8. The van der Waals surface area contributed by atoms with Gasteiger partial charge in [-0.1, -0.05) is 31.4 Å². The van der Waals surface area contributed by atoms with Crippen LogP contribution in [0.3, 0.4) is 0 Å². The molecule has 7 heteroatoms. The average Bonchev–Trinajstić information content (AvgIpc) is 2.62. The summed E-state index contributed by atoms with van der Waals surface area (Å²) in [5, 5.41) is 5.29. The smallest absolute Gasteiger partial charge is 0.321 e. The number of carbonyl (C=O) groups excluding carboxylic acids is 2. The third-order valence-electron chi connectivity index (χ3n) is 4.69. The van der Waals surface area contributed by atoms with E-state index in [4.69, 9.17) is 9.47 Å². The lowest BCUT2D eigenvalue weighted by Crippen LogP contribution is -2.49. The highest BCUT2D eigenvalue weighted by atomic mass is 16.6. The van der Waals surface area contributed by atoms with Crippen molar-refractivity contribution < 1.29 is 19.1 Å². The van der Waals surface area contributed by atoms with Gasteiger partial charge in [-0.25, -0.2) is 4.79 Å². The molecule has 0 radical (unpaired) electrons. The van der Waals surface area contributed by atoms with Gasteiger partial charge in [0.1, 0.15) is 12.7 Å². The van der Waals surface area contributed by atoms with E-state index in [1.54, 1.807) is 0 Å². The number of fused-ring (bicyclic) bond motifs is 1. The van der Waals surface area contributed by atoms with Crippen molar-refractivity contribution in [3.63, 3.8) is 0 Å². The highest BCUT2D eigenvalue weighted by Crippen LogP contribution is 2.30. The van der Waals surface area contributed by atoms with Crippen molar-refractivity contribution in [2.24, 2.45) is 0 Å². The number of benzene rings is 1. The van der Waals surface area contributed by atoms with Crippen molar-refractivity contribution in [3.8, 4) is 11.5 Å². The molecule has 1 aromatic carbocycles. The number of likely N-dealkylation sites (N-methyl/N-ethyl adjacent to an activating group) is 1. The number of imide groups is 1. The van der Waals surface area contributed by atoms with E-state index in [1.807, 2.05) is 36.2 Å². The van der Waals surface area contributed by atoms with Crippen molar-refractivity contribution in [2.75, 3.05) is 26.7 Å². The van der Waals surface area contributed by atoms with Crippen LogP contribution in [-0.2, 0) is 4.79 Å². The summed E-state index contributed by atoms with van der Waals surface area (Å²) in [6.45, 7) is 1.09. The molecule has 2 aliphatic rings. The fraction of sp³-hybridized carbons (Fsp3) is 0.579. The van der Waals surface area contributed by atoms with E-state index in [9.17, 15) is 9.59 Å². The maximum Gasteiger partial charge on any atom is 0.321 e. The Morgan fingerprint density at radius 2 is 1.88 bits per heavy atom. The van der Waals surface area contributed by atoms with Crippen LogP contribution in [0.25, 0.3) is 0 Å². The number of para-hydroxylation sites is 2. The van der Waals surface area contributed by atoms with Crippen LogP contribution < -0.4 is 20.1 Å². The monoisotopic (exact) mass is 361 g/mol. The standard InChI is InChI=1S/C19H27N3O4/c1-22(11-15-13-25-16-9-5-6-10-17(16)26-15)12-18(23)21-19(24)20-14-7-3-2-4-8-14/h5-6,9-10,14-15H,2-4,7-8,11-13H2,1H3,(H2,20,21,23,24)/t15-/m1/s1. The Morgan fingerprint density at radius 1 is 1.15 bits per heavy atom. The molecule has 2 N–H and O–H groups in total. The molecule has 0 bridgehead atoms. The predicted octanol–water partition coefficient (Wildman–Crippen LogP) is 1.92. The molecular formula is C19H27N3O4. The first-order chi connectivity index (χ1) is 12.6. The lowest BCUT2D eigenvalue weighted by atomic mass is 9.96. The second-order valence-electron chi connectivity index (χ2n) is 7.05. The highest BCUT2D eigenvalue weighted by molar-refractivity contribution is 5.95. The number of nitrogens with one attached hydrogen (secondary N) is 2. The Kier molecular flexibility index (Phi) is 6.33. The molecule has 3 amide bonds. The summed E-state index contributed by atoms with van der Waals surface area (Å²) in [6.07, 6.45) is 5.31. The molecular weight excluding hydrogens is 334 g/mol. The topological polar surface area (TPSA) is 79.9 Å². The van der Waals surface area contributed by atoms with Crippen LogP contribution in [0.15, 0.2) is 24.3 Å². The van der Waals surface area contributed by atoms with Gasteiger partial charge < -0.3 is 14.8 Å². The van der Waals surface area contributed by atoms with Gasteiger partial charge in [0.05, 0.1) is 6.54 Å². The first-order valence-corrected chi connectivity index (χ1v) is 9.27. The van der Waals surface area contributed by atoms with Crippen molar-refractivity contribution >= 4 is 11.9 Å². The molecule has 26 heavy (non-hydrogen) atoms. The molecule has 1 heterocycles. The maximum absolute atomic E-state index is 12.1. The first kappa shape index (κ1) is 18.5. The molecule has 3 rings (SSSR count). The summed E-state index contributed by atoms with van der Waals surface area (Å²) in [7, 11) is 1.82. The first-order valence-electron chi connectivity index (χ1n) is 9.27. The summed E-state index contributed by atoms with van der Waals surface area (Å²) >= 11 is 0. The molecule has 7 nitrogen and oxygen atoms in total. The lowest BCUT2D eigenvalue weighted by Gasteiger charge is -2.29. The number of ether oxygens (including phenoxy) is 2. The average molecular weight is 361 g/mol. The number of hydrogen-bond acceptors (Lipinski definition) is 5. The number of carbonyl (C=O) groups is 2. The maximum atomic E-state index is 12.1. The number of nitrogens with zero attached hydrogens (tertiary/aromatic N) is 1. The molecule has 0 unspecified atom stereocenters. The number of rotatable bonds is 5. The number of hydrogen-bond donors (Lipinski definition) is 2. The second-order valence-corrected chi connectivity index (χ2v) is 7.05. The van der Waals surface area contributed by atoms with Gasteiger partial charge in [-0.2, -0.15) is 0 Å². The molecule has 1 aliphatic heterocycles. The molecule has 1 fully saturated rings. The largest absolute Gasteiger partial charge is 0.486 e. The second kappa shape index (κ2) is 8.89. The molecule has 0 aromatic heterocycles. The van der Waals surface area contributed by atoms with E-state index in [0.29, 0.717) is 18.9 Å². The predicted molar refractivity (Wildman–Crippen MR) is 97.4 cm³/mol. The lowest BCUT2D eigenvalue weighted by molar-refractivity contribution is -0.121. The minimum absolute atomic E-state index is 0.125. The van der Waals surface area contributed by atoms with E-state index in [2.05, 4.69) is 10.6 Å². The van der Waals surface area contributed by atoms with E-state index >= 15 is 0 Å². The SMILES string of the molecule is CN(CC(=O)NC(=O)NC1CCCCC1)C[C@@H]1COc2ccccc2O1. The molecule has 0 saturated heterocycles. The summed E-state index contributed by atoms with van der Waals surface area (Å²) < 4.78 is 11.6. The molecule has 1 aromatic rings. The quantitative estimate of drug-likeness (QED) is 0.838. The van der Waals surface area contributed by atoms with Crippen LogP contribution in [0, 0.1) is 0 Å². The van der Waals surface area contributed by atoms with E-state index in [1.165, 1.54) is 6.42 Å². The van der Waals surface area contributed by atoms with Crippen LogP contribution in [0.2, 0.25) is 0 Å². The van der Waals surface area contributed by atoms with Gasteiger partial charge in [0.2, 0.25) is 5.91 Å². The van der Waals surface area contributed by atoms with Crippen molar-refractivity contribution in [2.45, 2.75) is 44.2 Å².